The Balaban J connectivity index is 1.52. The molecule has 1 saturated heterocycles. The Morgan fingerprint density at radius 1 is 1.10 bits per heavy atom. The number of anilines is 2. The van der Waals surface area contributed by atoms with Gasteiger partial charge in [0.15, 0.2) is 0 Å². The summed E-state index contributed by atoms with van der Waals surface area (Å²) >= 11 is 0. The molecule has 6 nitrogen and oxygen atoms in total. The van der Waals surface area contributed by atoms with Gasteiger partial charge in [0.1, 0.15) is 12.0 Å². The first-order chi connectivity index (χ1) is 15.2. The quantitative estimate of drug-likeness (QED) is 0.576. The molecule has 1 aliphatic carbocycles. The number of nitrogens with zero attached hydrogens (tertiary/aromatic N) is 3. The van der Waals surface area contributed by atoms with E-state index < -0.39 is 6.17 Å². The van der Waals surface area contributed by atoms with Crippen LogP contribution in [0.5, 0.6) is 0 Å². The van der Waals surface area contributed by atoms with E-state index in [2.05, 4.69) is 21.7 Å². The number of rotatable bonds is 9. The molecule has 0 bridgehead atoms. The summed E-state index contributed by atoms with van der Waals surface area (Å²) in [6, 6.07) is 4.56. The van der Waals surface area contributed by atoms with Gasteiger partial charge in [-0.3, -0.25) is 4.98 Å². The molecular weight excluding hydrogens is 393 g/mol. The Bertz CT molecular complexity index is 819. The highest BCUT2D eigenvalue weighted by Crippen LogP contribution is 2.29. The van der Waals surface area contributed by atoms with E-state index in [1.165, 1.54) is 24.8 Å². The number of nitrogens with one attached hydrogen (secondary N) is 2. The Morgan fingerprint density at radius 2 is 1.97 bits per heavy atom. The van der Waals surface area contributed by atoms with Crippen molar-refractivity contribution in [3.63, 3.8) is 0 Å². The lowest BCUT2D eigenvalue weighted by Gasteiger charge is -2.24. The van der Waals surface area contributed by atoms with Gasteiger partial charge in [-0.15, -0.1) is 0 Å². The lowest BCUT2D eigenvalue weighted by Crippen LogP contribution is -2.24. The van der Waals surface area contributed by atoms with Crippen molar-refractivity contribution in [3.05, 3.63) is 30.1 Å². The van der Waals surface area contributed by atoms with Gasteiger partial charge in [-0.05, 0) is 43.7 Å². The molecule has 4 rings (SSSR count). The Labute approximate surface area is 184 Å². The molecule has 2 N–H and O–H groups in total. The van der Waals surface area contributed by atoms with Crippen LogP contribution in [0.15, 0.2) is 24.5 Å². The normalized spacial score (nSPS) is 20.5. The summed E-state index contributed by atoms with van der Waals surface area (Å²) < 4.78 is 19.4. The highest BCUT2D eigenvalue weighted by molar-refractivity contribution is 5.73. The van der Waals surface area contributed by atoms with Gasteiger partial charge in [0.2, 0.25) is 5.95 Å². The van der Waals surface area contributed by atoms with E-state index in [0.717, 1.165) is 55.8 Å². The summed E-state index contributed by atoms with van der Waals surface area (Å²) in [5.41, 5.74) is 2.91. The average Bonchev–Trinajstić information content (AvgIpc) is 3.32. The third-order valence-electron chi connectivity index (χ3n) is 6.25. The number of hydrogen-bond acceptors (Lipinski definition) is 6. The fraction of sp³-hybridized carbons (Fsp3) is 0.625. The highest BCUT2D eigenvalue weighted by atomic mass is 19.1. The van der Waals surface area contributed by atoms with Crippen LogP contribution < -0.4 is 10.6 Å². The molecule has 168 valence electrons. The second-order valence-electron chi connectivity index (χ2n) is 8.71. The molecule has 0 spiro atoms. The fourth-order valence-electron chi connectivity index (χ4n) is 4.32. The smallest absolute Gasteiger partial charge is 0.224 e. The molecular formula is C24H34FN5O. The predicted octanol–water partition coefficient (Wildman–Crippen LogP) is 5.16. The van der Waals surface area contributed by atoms with Crippen molar-refractivity contribution < 1.29 is 9.13 Å². The van der Waals surface area contributed by atoms with Gasteiger partial charge in [-0.1, -0.05) is 32.3 Å². The van der Waals surface area contributed by atoms with Gasteiger partial charge >= 0.3 is 0 Å². The molecule has 2 fully saturated rings. The van der Waals surface area contributed by atoms with Crippen LogP contribution in [0.25, 0.3) is 11.3 Å². The summed E-state index contributed by atoms with van der Waals surface area (Å²) in [6.07, 6.45) is 12.8. The van der Waals surface area contributed by atoms with E-state index in [0.29, 0.717) is 24.5 Å². The maximum absolute atomic E-state index is 13.7. The standard InChI is InChI=1S/C24H34FN5O/c1-2-18(25)15-27-24-28-16-21(23(30-24)29-19-7-4-3-5-8-19)22-11-10-17(14-26-22)13-20-9-6-12-31-20/h10-11,14,16,18-20H,2-9,12-13,15H2,1H3,(H2,27,28,29,30). The van der Waals surface area contributed by atoms with Crippen LogP contribution >= 0.6 is 0 Å². The van der Waals surface area contributed by atoms with Crippen LogP contribution in [0, 0.1) is 0 Å². The van der Waals surface area contributed by atoms with Crippen molar-refractivity contribution in [1.29, 1.82) is 0 Å². The summed E-state index contributed by atoms with van der Waals surface area (Å²) in [4.78, 5) is 13.8. The highest BCUT2D eigenvalue weighted by Gasteiger charge is 2.19. The summed E-state index contributed by atoms with van der Waals surface area (Å²) in [6.45, 7) is 2.92. The van der Waals surface area contributed by atoms with Crippen molar-refractivity contribution in [2.24, 2.45) is 0 Å². The van der Waals surface area contributed by atoms with Crippen LogP contribution in [0.1, 0.15) is 63.9 Å². The van der Waals surface area contributed by atoms with E-state index >= 15 is 0 Å². The largest absolute Gasteiger partial charge is 0.378 e. The lowest BCUT2D eigenvalue weighted by molar-refractivity contribution is 0.111. The first-order valence-electron chi connectivity index (χ1n) is 11.8. The number of pyridine rings is 1. The maximum Gasteiger partial charge on any atom is 0.224 e. The molecule has 0 aromatic carbocycles. The third kappa shape index (κ3) is 6.12. The zero-order chi connectivity index (χ0) is 21.5. The minimum Gasteiger partial charge on any atom is -0.378 e. The molecule has 3 heterocycles. The van der Waals surface area contributed by atoms with E-state index in [9.17, 15) is 4.39 Å². The van der Waals surface area contributed by atoms with Gasteiger partial charge < -0.3 is 15.4 Å². The van der Waals surface area contributed by atoms with Crippen molar-refractivity contribution in [1.82, 2.24) is 15.0 Å². The predicted molar refractivity (Wildman–Crippen MR) is 122 cm³/mol. The monoisotopic (exact) mass is 427 g/mol. The molecule has 0 radical (unpaired) electrons. The van der Waals surface area contributed by atoms with Crippen molar-refractivity contribution in [3.8, 4) is 11.3 Å². The molecule has 2 aliphatic rings. The Morgan fingerprint density at radius 3 is 2.68 bits per heavy atom. The topological polar surface area (TPSA) is 72.0 Å². The zero-order valence-electron chi connectivity index (χ0n) is 18.4. The van der Waals surface area contributed by atoms with Gasteiger partial charge in [-0.2, -0.15) is 4.98 Å². The van der Waals surface area contributed by atoms with Crippen LogP contribution in [-0.4, -0.2) is 46.4 Å². The van der Waals surface area contributed by atoms with E-state index in [1.807, 2.05) is 19.2 Å². The van der Waals surface area contributed by atoms with Crippen LogP contribution in [0.3, 0.4) is 0 Å². The molecule has 0 amide bonds. The van der Waals surface area contributed by atoms with Crippen LogP contribution in [-0.2, 0) is 11.2 Å². The Kier molecular flexibility index (Phi) is 7.67. The number of aromatic nitrogens is 3. The van der Waals surface area contributed by atoms with Gasteiger partial charge in [0, 0.05) is 38.0 Å². The first kappa shape index (κ1) is 21.9. The maximum atomic E-state index is 13.7. The fourth-order valence-corrected chi connectivity index (χ4v) is 4.32. The second-order valence-corrected chi connectivity index (χ2v) is 8.71. The van der Waals surface area contributed by atoms with Gasteiger partial charge in [0.25, 0.3) is 0 Å². The van der Waals surface area contributed by atoms with E-state index in [-0.39, 0.29) is 6.54 Å². The van der Waals surface area contributed by atoms with Crippen LogP contribution in [0.2, 0.25) is 0 Å². The summed E-state index contributed by atoms with van der Waals surface area (Å²) in [5, 5.41) is 6.65. The first-order valence-corrected chi connectivity index (χ1v) is 11.8. The molecule has 1 aliphatic heterocycles. The minimum absolute atomic E-state index is 0.217. The molecule has 2 aromatic heterocycles. The van der Waals surface area contributed by atoms with Crippen molar-refractivity contribution in [2.75, 3.05) is 23.8 Å². The van der Waals surface area contributed by atoms with E-state index in [4.69, 9.17) is 14.7 Å². The number of alkyl halides is 1. The van der Waals surface area contributed by atoms with Gasteiger partial charge in [-0.25, -0.2) is 9.37 Å². The molecule has 7 heteroatoms. The summed E-state index contributed by atoms with van der Waals surface area (Å²) in [5.74, 6) is 1.23. The average molecular weight is 428 g/mol. The minimum atomic E-state index is -0.906. The summed E-state index contributed by atoms with van der Waals surface area (Å²) in [7, 11) is 0. The van der Waals surface area contributed by atoms with Crippen molar-refractivity contribution in [2.45, 2.75) is 83.0 Å². The Hall–Kier alpha value is -2.28. The second kappa shape index (κ2) is 10.8. The molecule has 2 aromatic rings. The molecule has 31 heavy (non-hydrogen) atoms. The molecule has 2 unspecified atom stereocenters. The molecule has 1 saturated carbocycles. The number of hydrogen-bond donors (Lipinski definition) is 2. The zero-order valence-corrected chi connectivity index (χ0v) is 18.4. The van der Waals surface area contributed by atoms with Crippen molar-refractivity contribution >= 4 is 11.8 Å². The van der Waals surface area contributed by atoms with E-state index in [1.54, 1.807) is 6.20 Å². The third-order valence-corrected chi connectivity index (χ3v) is 6.25. The lowest BCUT2D eigenvalue weighted by atomic mass is 9.95. The van der Waals surface area contributed by atoms with Crippen LogP contribution in [0.4, 0.5) is 16.2 Å². The SMILES string of the molecule is CCC(F)CNc1ncc(-c2ccc(CC3CCCO3)cn2)c(NC2CCCCC2)n1. The van der Waals surface area contributed by atoms with Gasteiger partial charge in [0.05, 0.1) is 17.4 Å². The molecule has 2 atom stereocenters. The number of halogens is 1. The number of ether oxygens (including phenoxy) is 1.